The number of carbonyl (C=O) groups excluding carboxylic acids is 2. The molecule has 0 spiro atoms. The molecule has 3 fully saturated rings. The van der Waals surface area contributed by atoms with Crippen LogP contribution in [0.5, 0.6) is 0 Å². The van der Waals surface area contributed by atoms with Gasteiger partial charge in [-0.1, -0.05) is 0 Å². The first-order valence-electron chi connectivity index (χ1n) is 9.50. The van der Waals surface area contributed by atoms with Gasteiger partial charge in [0.05, 0.1) is 0 Å². The number of aromatic amines is 1. The van der Waals surface area contributed by atoms with Gasteiger partial charge in [-0.25, -0.2) is 0 Å². The third kappa shape index (κ3) is 2.90. The van der Waals surface area contributed by atoms with Crippen LogP contribution in [0.25, 0.3) is 11.0 Å². The fraction of sp³-hybridized carbons (Fsp3) is 0.350. The van der Waals surface area contributed by atoms with Crippen LogP contribution < -0.4 is 0 Å². The number of amides is 2. The van der Waals surface area contributed by atoms with Gasteiger partial charge in [0.1, 0.15) is 11.0 Å². The molecule has 2 bridgehead atoms. The highest BCUT2D eigenvalue weighted by atomic mass is 16.2. The van der Waals surface area contributed by atoms with E-state index in [0.717, 1.165) is 18.4 Å². The van der Waals surface area contributed by atoms with Crippen LogP contribution in [0, 0.1) is 5.92 Å². The number of nitrogens with zero attached hydrogens (tertiary/aromatic N) is 5. The van der Waals surface area contributed by atoms with Gasteiger partial charge in [0.15, 0.2) is 0 Å². The van der Waals surface area contributed by atoms with Crippen LogP contribution in [0.4, 0.5) is 0 Å². The number of pyridine rings is 1. The number of piperidine rings is 1. The van der Waals surface area contributed by atoms with Gasteiger partial charge in [0.25, 0.3) is 11.8 Å². The molecule has 0 radical (unpaired) electrons. The summed E-state index contributed by atoms with van der Waals surface area (Å²) in [6.07, 6.45) is 5.23. The van der Waals surface area contributed by atoms with Crippen LogP contribution in [0.3, 0.4) is 0 Å². The first-order chi connectivity index (χ1) is 13.7. The zero-order chi connectivity index (χ0) is 19.1. The third-order valence-electron chi connectivity index (χ3n) is 5.75. The Morgan fingerprint density at radius 3 is 2.57 bits per heavy atom. The monoisotopic (exact) mass is 376 g/mol. The van der Waals surface area contributed by atoms with E-state index in [1.165, 1.54) is 0 Å². The average molecular weight is 376 g/mol. The van der Waals surface area contributed by atoms with E-state index in [9.17, 15) is 9.59 Å². The van der Waals surface area contributed by atoms with Crippen LogP contribution >= 0.6 is 0 Å². The van der Waals surface area contributed by atoms with Crippen LogP contribution in [0.15, 0.2) is 42.7 Å². The van der Waals surface area contributed by atoms with Crippen molar-refractivity contribution in [3.05, 3.63) is 53.9 Å². The zero-order valence-electron chi connectivity index (χ0n) is 15.3. The summed E-state index contributed by atoms with van der Waals surface area (Å²) in [5, 5.41) is 10.7. The van der Waals surface area contributed by atoms with Crippen LogP contribution in [-0.4, -0.2) is 67.7 Å². The highest BCUT2D eigenvalue weighted by Crippen LogP contribution is 2.30. The van der Waals surface area contributed by atoms with Crippen LogP contribution in [-0.2, 0) is 0 Å². The van der Waals surface area contributed by atoms with Gasteiger partial charge in [-0.2, -0.15) is 15.4 Å². The molecule has 8 nitrogen and oxygen atoms in total. The first-order valence-corrected chi connectivity index (χ1v) is 9.50. The van der Waals surface area contributed by atoms with Crippen molar-refractivity contribution in [3.8, 4) is 0 Å². The molecule has 0 aliphatic carbocycles. The number of carbonyl (C=O) groups is 2. The van der Waals surface area contributed by atoms with Crippen molar-refractivity contribution in [1.29, 1.82) is 0 Å². The summed E-state index contributed by atoms with van der Waals surface area (Å²) in [6, 6.07) is 8.90. The van der Waals surface area contributed by atoms with E-state index in [0.29, 0.717) is 42.2 Å². The Morgan fingerprint density at radius 1 is 0.893 bits per heavy atom. The number of aromatic nitrogens is 4. The molecule has 3 saturated heterocycles. The van der Waals surface area contributed by atoms with E-state index in [1.54, 1.807) is 42.7 Å². The summed E-state index contributed by atoms with van der Waals surface area (Å²) in [7, 11) is 0. The quantitative estimate of drug-likeness (QED) is 0.735. The molecule has 2 aromatic heterocycles. The molecule has 3 aromatic rings. The molecular formula is C20H20N6O2. The van der Waals surface area contributed by atoms with Crippen molar-refractivity contribution in [3.63, 3.8) is 0 Å². The number of hydrogen-bond acceptors (Lipinski definition) is 5. The van der Waals surface area contributed by atoms with Crippen molar-refractivity contribution in [2.75, 3.05) is 19.6 Å². The lowest BCUT2D eigenvalue weighted by Gasteiger charge is -2.36. The maximum absolute atomic E-state index is 13.2. The molecule has 8 heteroatoms. The van der Waals surface area contributed by atoms with Crippen molar-refractivity contribution in [2.45, 2.75) is 18.9 Å². The number of nitrogens with one attached hydrogen (secondary N) is 1. The second-order valence-electron chi connectivity index (χ2n) is 7.53. The molecule has 142 valence electrons. The Balaban J connectivity index is 1.39. The van der Waals surface area contributed by atoms with Crippen molar-refractivity contribution in [2.24, 2.45) is 5.92 Å². The SMILES string of the molecule is O=C(c1ccncc1)N1C[C@@H]2CC[C@H](C1)N(C(=O)c1ccc3n[nH]nc3c1)C2. The standard InChI is InChI=1S/C20H20N6O2/c27-19(14-5-7-21-8-6-14)25-10-13-1-3-16(12-25)26(11-13)20(28)15-2-4-17-18(9-15)23-24-22-17/h2,4-9,13,16H,1,3,10-12H2,(H,22,23,24)/t13-,16+/m0/s1. The van der Waals surface area contributed by atoms with E-state index < -0.39 is 0 Å². The number of hydrogen-bond donors (Lipinski definition) is 1. The van der Waals surface area contributed by atoms with Gasteiger partial charge in [-0.05, 0) is 49.1 Å². The maximum Gasteiger partial charge on any atom is 0.254 e. The summed E-state index contributed by atoms with van der Waals surface area (Å²) in [6.45, 7) is 1.93. The number of H-pyrrole nitrogens is 1. The van der Waals surface area contributed by atoms with E-state index in [4.69, 9.17) is 0 Å². The second kappa shape index (κ2) is 6.70. The Kier molecular flexibility index (Phi) is 4.03. The van der Waals surface area contributed by atoms with Crippen molar-refractivity contribution >= 4 is 22.8 Å². The van der Waals surface area contributed by atoms with Gasteiger partial charge in [0, 0.05) is 49.2 Å². The van der Waals surface area contributed by atoms with E-state index in [1.807, 2.05) is 9.80 Å². The molecule has 3 aliphatic heterocycles. The molecule has 5 heterocycles. The molecule has 3 aliphatic rings. The summed E-state index contributed by atoms with van der Waals surface area (Å²) in [5.41, 5.74) is 2.68. The minimum Gasteiger partial charge on any atom is -0.336 e. The topological polar surface area (TPSA) is 95.1 Å². The molecule has 28 heavy (non-hydrogen) atoms. The average Bonchev–Trinajstić information content (AvgIpc) is 3.02. The molecule has 2 atom stereocenters. The smallest absolute Gasteiger partial charge is 0.254 e. The summed E-state index contributed by atoms with van der Waals surface area (Å²) >= 11 is 0. The van der Waals surface area contributed by atoms with E-state index in [-0.39, 0.29) is 17.9 Å². The van der Waals surface area contributed by atoms with Gasteiger partial charge in [-0.15, -0.1) is 0 Å². The van der Waals surface area contributed by atoms with Crippen LogP contribution in [0.1, 0.15) is 33.6 Å². The summed E-state index contributed by atoms with van der Waals surface area (Å²) < 4.78 is 0. The van der Waals surface area contributed by atoms with Gasteiger partial charge >= 0.3 is 0 Å². The van der Waals surface area contributed by atoms with Crippen molar-refractivity contribution < 1.29 is 9.59 Å². The zero-order valence-corrected chi connectivity index (χ0v) is 15.3. The first kappa shape index (κ1) is 16.9. The molecular weight excluding hydrogens is 356 g/mol. The Hall–Kier alpha value is -3.29. The number of benzene rings is 1. The molecule has 2 amide bonds. The minimum absolute atomic E-state index is 0.00203. The highest BCUT2D eigenvalue weighted by molar-refractivity contribution is 5.98. The minimum atomic E-state index is -0.00203. The lowest BCUT2D eigenvalue weighted by molar-refractivity contribution is 0.0574. The predicted octanol–water partition coefficient (Wildman–Crippen LogP) is 1.73. The fourth-order valence-corrected chi connectivity index (χ4v) is 4.31. The molecule has 0 saturated carbocycles. The molecule has 6 rings (SSSR count). The number of rotatable bonds is 2. The maximum atomic E-state index is 13.2. The normalized spacial score (nSPS) is 21.7. The lowest BCUT2D eigenvalue weighted by atomic mass is 9.94. The second-order valence-corrected chi connectivity index (χ2v) is 7.53. The van der Waals surface area contributed by atoms with E-state index >= 15 is 0 Å². The number of fused-ring (bicyclic) bond motifs is 5. The Labute approximate surface area is 161 Å². The lowest BCUT2D eigenvalue weighted by Crippen LogP contribution is -2.47. The van der Waals surface area contributed by atoms with Gasteiger partial charge < -0.3 is 9.80 Å². The fourth-order valence-electron chi connectivity index (χ4n) is 4.31. The Bertz CT molecular complexity index is 1030. The molecule has 1 N–H and O–H groups in total. The molecule has 0 unspecified atom stereocenters. The molecule has 1 aromatic carbocycles. The van der Waals surface area contributed by atoms with Gasteiger partial charge in [0.2, 0.25) is 0 Å². The summed E-state index contributed by atoms with van der Waals surface area (Å²) in [4.78, 5) is 33.9. The van der Waals surface area contributed by atoms with Gasteiger partial charge in [-0.3, -0.25) is 14.6 Å². The summed E-state index contributed by atoms with van der Waals surface area (Å²) in [5.74, 6) is 0.305. The van der Waals surface area contributed by atoms with Crippen LogP contribution in [0.2, 0.25) is 0 Å². The third-order valence-corrected chi connectivity index (χ3v) is 5.75. The Morgan fingerprint density at radius 2 is 1.71 bits per heavy atom. The largest absolute Gasteiger partial charge is 0.336 e. The predicted molar refractivity (Wildman–Crippen MR) is 102 cm³/mol. The highest BCUT2D eigenvalue weighted by Gasteiger charge is 2.39. The van der Waals surface area contributed by atoms with Crippen molar-refractivity contribution in [1.82, 2.24) is 30.2 Å². The van der Waals surface area contributed by atoms with E-state index in [2.05, 4.69) is 20.4 Å².